The monoisotopic (exact) mass is 239 g/mol. The Morgan fingerprint density at radius 3 is 2.88 bits per heavy atom. The van der Waals surface area contributed by atoms with E-state index in [4.69, 9.17) is 4.74 Å². The summed E-state index contributed by atoms with van der Waals surface area (Å²) >= 11 is 0. The van der Waals surface area contributed by atoms with Crippen molar-refractivity contribution in [2.75, 3.05) is 19.7 Å². The summed E-state index contributed by atoms with van der Waals surface area (Å²) in [5.74, 6) is -0.797. The quantitative estimate of drug-likeness (QED) is 0.695. The number of aliphatic carboxylic acids is 1. The molecule has 2 saturated heterocycles. The number of fused-ring (bicyclic) bond motifs is 1. The van der Waals surface area contributed by atoms with Gasteiger partial charge in [0.05, 0.1) is 18.9 Å². The van der Waals surface area contributed by atoms with Crippen molar-refractivity contribution in [2.45, 2.75) is 24.9 Å². The zero-order valence-electron chi connectivity index (χ0n) is 9.58. The molecule has 0 aromatic heterocycles. The smallest absolute Gasteiger partial charge is 0.324 e. The molecule has 0 spiro atoms. The molecule has 3 atom stereocenters. The molecule has 17 heavy (non-hydrogen) atoms. The summed E-state index contributed by atoms with van der Waals surface area (Å²) in [6, 6.07) is -0.450. The van der Waals surface area contributed by atoms with Crippen LogP contribution in [-0.4, -0.2) is 53.0 Å². The second kappa shape index (κ2) is 4.29. The topological polar surface area (TPSA) is 65.0 Å². The Hall–Kier alpha value is -1.11. The summed E-state index contributed by atoms with van der Waals surface area (Å²) in [7, 11) is 0. The molecular formula is C11H17N3O3. The van der Waals surface area contributed by atoms with Crippen LogP contribution in [0.5, 0.6) is 0 Å². The third-order valence-electron chi connectivity index (χ3n) is 3.72. The van der Waals surface area contributed by atoms with E-state index < -0.39 is 12.0 Å². The molecule has 2 fully saturated rings. The Bertz CT molecular complexity index is 341. The number of nitrogens with zero attached hydrogens (tertiary/aromatic N) is 2. The molecule has 6 nitrogen and oxygen atoms in total. The van der Waals surface area contributed by atoms with E-state index in [2.05, 4.69) is 10.4 Å². The average molecular weight is 239 g/mol. The number of nitrogens with one attached hydrogen (secondary N) is 1. The van der Waals surface area contributed by atoms with Gasteiger partial charge in [0.15, 0.2) is 0 Å². The molecule has 0 radical (unpaired) electrons. The highest BCUT2D eigenvalue weighted by molar-refractivity contribution is 5.74. The first-order chi connectivity index (χ1) is 8.27. The highest BCUT2D eigenvalue weighted by atomic mass is 16.5. The minimum atomic E-state index is -0.782. The molecule has 0 amide bonds. The average Bonchev–Trinajstić information content (AvgIpc) is 2.95. The Kier molecular flexibility index (Phi) is 2.78. The van der Waals surface area contributed by atoms with Gasteiger partial charge in [-0.1, -0.05) is 0 Å². The molecule has 0 aliphatic carbocycles. The van der Waals surface area contributed by atoms with Crippen molar-refractivity contribution >= 4 is 5.97 Å². The number of carbonyl (C=O) groups is 1. The maximum absolute atomic E-state index is 11.4. The summed E-state index contributed by atoms with van der Waals surface area (Å²) in [5, 5.41) is 13.3. The predicted molar refractivity (Wildman–Crippen MR) is 59.6 cm³/mol. The largest absolute Gasteiger partial charge is 0.501 e. The Labute approximate surface area is 99.8 Å². The predicted octanol–water partition coefficient (Wildman–Crippen LogP) is -0.201. The van der Waals surface area contributed by atoms with Crippen LogP contribution in [0.3, 0.4) is 0 Å². The number of rotatable bonds is 2. The second-order valence-corrected chi connectivity index (χ2v) is 4.77. The number of hydrazine groups is 2. The van der Waals surface area contributed by atoms with Gasteiger partial charge >= 0.3 is 5.97 Å². The number of hydrogen-bond donors (Lipinski definition) is 2. The summed E-state index contributed by atoms with van der Waals surface area (Å²) in [4.78, 5) is 11.4. The van der Waals surface area contributed by atoms with Crippen molar-refractivity contribution in [3.05, 3.63) is 12.3 Å². The first-order valence-electron chi connectivity index (χ1n) is 6.09. The van der Waals surface area contributed by atoms with Gasteiger partial charge in [-0.3, -0.25) is 4.79 Å². The van der Waals surface area contributed by atoms with E-state index in [-0.39, 0.29) is 12.0 Å². The zero-order valence-corrected chi connectivity index (χ0v) is 9.58. The maximum atomic E-state index is 11.4. The van der Waals surface area contributed by atoms with Gasteiger partial charge in [0, 0.05) is 19.0 Å². The van der Waals surface area contributed by atoms with Crippen LogP contribution in [-0.2, 0) is 9.53 Å². The molecule has 3 aliphatic rings. The third-order valence-corrected chi connectivity index (χ3v) is 3.72. The van der Waals surface area contributed by atoms with Crippen LogP contribution in [0.4, 0.5) is 0 Å². The normalized spacial score (nSPS) is 38.0. The summed E-state index contributed by atoms with van der Waals surface area (Å²) in [5.41, 5.74) is 3.28. The van der Waals surface area contributed by atoms with Gasteiger partial charge in [-0.25, -0.2) is 10.4 Å². The summed E-state index contributed by atoms with van der Waals surface area (Å²) in [6.45, 7) is 2.33. The van der Waals surface area contributed by atoms with Crippen LogP contribution in [0.2, 0.25) is 0 Å². The van der Waals surface area contributed by atoms with Crippen molar-refractivity contribution < 1.29 is 14.6 Å². The van der Waals surface area contributed by atoms with Gasteiger partial charge in [-0.05, 0) is 18.9 Å². The van der Waals surface area contributed by atoms with E-state index in [0.29, 0.717) is 6.61 Å². The molecule has 3 unspecified atom stereocenters. The second-order valence-electron chi connectivity index (χ2n) is 4.77. The van der Waals surface area contributed by atoms with Gasteiger partial charge in [0.25, 0.3) is 0 Å². The standard InChI is InChI=1S/C11H17N3O3/c15-11(16)10-8-7-17-6-3-9(8)12-14(10)13-4-1-2-5-13/h3,6,8-10,12H,1-2,4-5,7H2,(H,15,16). The molecule has 0 saturated carbocycles. The van der Waals surface area contributed by atoms with Crippen molar-refractivity contribution in [3.8, 4) is 0 Å². The van der Waals surface area contributed by atoms with Crippen LogP contribution in [0.15, 0.2) is 12.3 Å². The lowest BCUT2D eigenvalue weighted by Gasteiger charge is -2.31. The molecule has 3 rings (SSSR count). The van der Waals surface area contributed by atoms with Gasteiger partial charge < -0.3 is 9.84 Å². The molecule has 0 aromatic carbocycles. The lowest BCUT2D eigenvalue weighted by Crippen LogP contribution is -2.53. The zero-order chi connectivity index (χ0) is 11.8. The SMILES string of the molecule is O=C(O)C1C2COC=CC2NN1N1CCCC1. The fourth-order valence-electron chi connectivity index (χ4n) is 2.86. The minimum absolute atomic E-state index is 0.0156. The lowest BCUT2D eigenvalue weighted by atomic mass is 9.94. The minimum Gasteiger partial charge on any atom is -0.501 e. The number of ether oxygens (including phenoxy) is 1. The number of hydrogen-bond acceptors (Lipinski definition) is 5. The van der Waals surface area contributed by atoms with E-state index in [9.17, 15) is 9.90 Å². The lowest BCUT2D eigenvalue weighted by molar-refractivity contribution is -0.155. The van der Waals surface area contributed by atoms with Crippen molar-refractivity contribution in [1.29, 1.82) is 0 Å². The fourth-order valence-corrected chi connectivity index (χ4v) is 2.86. The molecule has 3 heterocycles. The molecule has 2 N–H and O–H groups in total. The van der Waals surface area contributed by atoms with Crippen molar-refractivity contribution in [1.82, 2.24) is 15.6 Å². The molecule has 3 aliphatic heterocycles. The van der Waals surface area contributed by atoms with Gasteiger partial charge in [0.1, 0.15) is 6.04 Å². The first kappa shape index (κ1) is 11.0. The fraction of sp³-hybridized carbons (Fsp3) is 0.727. The highest BCUT2D eigenvalue weighted by Gasteiger charge is 2.48. The molecular weight excluding hydrogens is 222 g/mol. The number of carboxylic acid groups (broad SMARTS) is 1. The third kappa shape index (κ3) is 1.82. The molecule has 94 valence electrons. The van der Waals surface area contributed by atoms with Gasteiger partial charge in [-0.2, -0.15) is 5.12 Å². The van der Waals surface area contributed by atoms with Crippen LogP contribution in [0, 0.1) is 5.92 Å². The molecule has 0 bridgehead atoms. The van der Waals surface area contributed by atoms with Crippen molar-refractivity contribution in [2.24, 2.45) is 5.92 Å². The van der Waals surface area contributed by atoms with Crippen LogP contribution >= 0.6 is 0 Å². The van der Waals surface area contributed by atoms with Gasteiger partial charge in [0.2, 0.25) is 0 Å². The molecule has 0 aromatic rings. The van der Waals surface area contributed by atoms with E-state index in [1.54, 1.807) is 6.26 Å². The van der Waals surface area contributed by atoms with E-state index in [0.717, 1.165) is 25.9 Å². The van der Waals surface area contributed by atoms with Gasteiger partial charge in [-0.15, -0.1) is 0 Å². The van der Waals surface area contributed by atoms with E-state index in [1.807, 2.05) is 11.2 Å². The van der Waals surface area contributed by atoms with Crippen LogP contribution in [0.1, 0.15) is 12.8 Å². The van der Waals surface area contributed by atoms with Crippen LogP contribution < -0.4 is 5.43 Å². The Morgan fingerprint density at radius 1 is 1.41 bits per heavy atom. The first-order valence-corrected chi connectivity index (χ1v) is 6.09. The Balaban J connectivity index is 1.82. The maximum Gasteiger partial charge on any atom is 0.324 e. The summed E-state index contributed by atoms with van der Waals surface area (Å²) in [6.07, 6.45) is 5.82. The summed E-state index contributed by atoms with van der Waals surface area (Å²) < 4.78 is 5.25. The van der Waals surface area contributed by atoms with Crippen molar-refractivity contribution in [3.63, 3.8) is 0 Å². The highest BCUT2D eigenvalue weighted by Crippen LogP contribution is 2.29. The van der Waals surface area contributed by atoms with Crippen LogP contribution in [0.25, 0.3) is 0 Å². The number of carboxylic acids is 1. The Morgan fingerprint density at radius 2 is 2.18 bits per heavy atom. The van der Waals surface area contributed by atoms with E-state index >= 15 is 0 Å². The molecule has 6 heteroatoms. The van der Waals surface area contributed by atoms with E-state index in [1.165, 1.54) is 0 Å².